The van der Waals surface area contributed by atoms with Crippen LogP contribution < -0.4 is 0 Å². The van der Waals surface area contributed by atoms with Crippen LogP contribution in [0.25, 0.3) is 17.2 Å². The highest BCUT2D eigenvalue weighted by Crippen LogP contribution is 2.24. The largest absolute Gasteiger partial charge is 0.456 e. The Kier molecular flexibility index (Phi) is 3.77. The first kappa shape index (κ1) is 15.4. The van der Waals surface area contributed by atoms with Crippen molar-refractivity contribution in [1.82, 2.24) is 19.6 Å². The molecule has 0 fully saturated rings. The summed E-state index contributed by atoms with van der Waals surface area (Å²) in [5, 5.41) is 8.50. The summed E-state index contributed by atoms with van der Waals surface area (Å²) in [6, 6.07) is 7.00. The van der Waals surface area contributed by atoms with Crippen molar-refractivity contribution >= 4 is 23.2 Å². The van der Waals surface area contributed by atoms with Gasteiger partial charge < -0.3 is 4.74 Å². The molecule has 118 valence electrons. The Bertz CT molecular complexity index is 869. The lowest BCUT2D eigenvalue weighted by Crippen LogP contribution is -2.24. The van der Waals surface area contributed by atoms with Crippen molar-refractivity contribution < 1.29 is 9.53 Å². The molecule has 0 N–H and O–H groups in total. The second-order valence-corrected chi connectivity index (χ2v) is 6.42. The van der Waals surface area contributed by atoms with E-state index in [9.17, 15) is 4.79 Å². The lowest BCUT2D eigenvalue weighted by Gasteiger charge is -2.19. The van der Waals surface area contributed by atoms with E-state index in [2.05, 4.69) is 15.2 Å². The van der Waals surface area contributed by atoms with Gasteiger partial charge in [0.15, 0.2) is 11.5 Å². The Morgan fingerprint density at radius 3 is 2.70 bits per heavy atom. The van der Waals surface area contributed by atoms with E-state index in [0.29, 0.717) is 27.8 Å². The van der Waals surface area contributed by atoms with Crippen LogP contribution in [0, 0.1) is 0 Å². The first-order valence-electron chi connectivity index (χ1n) is 7.04. The smallest absolute Gasteiger partial charge is 0.340 e. The molecule has 0 radical (unpaired) electrons. The van der Waals surface area contributed by atoms with Crippen molar-refractivity contribution in [2.75, 3.05) is 0 Å². The molecule has 3 aromatic heterocycles. The highest BCUT2D eigenvalue weighted by Gasteiger charge is 2.21. The molecule has 0 aliphatic carbocycles. The number of hydrogen-bond acceptors (Lipinski definition) is 5. The first-order valence-corrected chi connectivity index (χ1v) is 7.42. The van der Waals surface area contributed by atoms with E-state index in [1.165, 1.54) is 6.07 Å². The van der Waals surface area contributed by atoms with Gasteiger partial charge in [-0.15, -0.1) is 10.2 Å². The Morgan fingerprint density at radius 1 is 1.26 bits per heavy atom. The van der Waals surface area contributed by atoms with E-state index >= 15 is 0 Å². The van der Waals surface area contributed by atoms with Crippen LogP contribution in [-0.2, 0) is 4.74 Å². The van der Waals surface area contributed by atoms with E-state index in [0.717, 1.165) is 0 Å². The van der Waals surface area contributed by atoms with Gasteiger partial charge in [-0.3, -0.25) is 9.38 Å². The summed E-state index contributed by atoms with van der Waals surface area (Å²) in [4.78, 5) is 16.5. The van der Waals surface area contributed by atoms with Crippen molar-refractivity contribution in [3.05, 3.63) is 47.2 Å². The van der Waals surface area contributed by atoms with E-state index in [1.807, 2.05) is 39.0 Å². The minimum atomic E-state index is -0.588. The molecule has 6 nitrogen and oxygen atoms in total. The zero-order chi connectivity index (χ0) is 16.6. The van der Waals surface area contributed by atoms with Gasteiger partial charge in [0.05, 0.1) is 10.6 Å². The molecule has 3 aromatic rings. The topological polar surface area (TPSA) is 69.4 Å². The fourth-order valence-electron chi connectivity index (χ4n) is 2.07. The summed E-state index contributed by atoms with van der Waals surface area (Å²) in [7, 11) is 0. The number of rotatable bonds is 2. The predicted octanol–water partition coefficient (Wildman–Crippen LogP) is 3.40. The molecule has 0 bridgehead atoms. The van der Waals surface area contributed by atoms with Crippen molar-refractivity contribution in [3.8, 4) is 11.5 Å². The van der Waals surface area contributed by atoms with Crippen molar-refractivity contribution in [3.63, 3.8) is 0 Å². The van der Waals surface area contributed by atoms with Crippen molar-refractivity contribution in [1.29, 1.82) is 0 Å². The maximum atomic E-state index is 12.3. The number of carbonyl (C=O) groups excluding carboxylic acids is 1. The van der Waals surface area contributed by atoms with Gasteiger partial charge in [-0.2, -0.15) is 0 Å². The zero-order valence-corrected chi connectivity index (χ0v) is 13.7. The molecule has 0 saturated carbocycles. The Morgan fingerprint density at radius 2 is 2.04 bits per heavy atom. The number of hydrogen-bond donors (Lipinski definition) is 0. The van der Waals surface area contributed by atoms with Crippen molar-refractivity contribution in [2.24, 2.45) is 0 Å². The van der Waals surface area contributed by atoms with Gasteiger partial charge in [0.1, 0.15) is 11.3 Å². The molecular formula is C16H15ClN4O2. The number of nitrogens with zero attached hydrogens (tertiary/aromatic N) is 4. The van der Waals surface area contributed by atoms with Gasteiger partial charge in [-0.25, -0.2) is 4.79 Å². The van der Waals surface area contributed by atoms with E-state index < -0.39 is 11.6 Å². The van der Waals surface area contributed by atoms with Gasteiger partial charge >= 0.3 is 5.97 Å². The fraction of sp³-hybridized carbons (Fsp3) is 0.250. The maximum Gasteiger partial charge on any atom is 0.340 e. The lowest BCUT2D eigenvalue weighted by atomic mass is 10.2. The number of fused-ring (bicyclic) bond motifs is 1. The summed E-state index contributed by atoms with van der Waals surface area (Å²) >= 11 is 6.23. The SMILES string of the molecule is CC(C)(C)OC(=O)c1cc(Cl)c2nnc(-c3ccccn3)n2c1. The van der Waals surface area contributed by atoms with Crippen LogP contribution in [0.5, 0.6) is 0 Å². The summed E-state index contributed by atoms with van der Waals surface area (Å²) in [5.41, 5.74) is 0.835. The molecule has 3 heterocycles. The third kappa shape index (κ3) is 3.17. The van der Waals surface area contributed by atoms with Crippen LogP contribution in [0.3, 0.4) is 0 Å². The van der Waals surface area contributed by atoms with Gasteiger partial charge in [0.2, 0.25) is 0 Å². The molecule has 0 aromatic carbocycles. The van der Waals surface area contributed by atoms with Gasteiger partial charge in [0.25, 0.3) is 0 Å². The lowest BCUT2D eigenvalue weighted by molar-refractivity contribution is 0.00690. The Labute approximate surface area is 138 Å². The Hall–Kier alpha value is -2.47. The molecule has 0 saturated heterocycles. The predicted molar refractivity (Wildman–Crippen MR) is 86.4 cm³/mol. The molecule has 0 amide bonds. The number of carbonyl (C=O) groups is 1. The average Bonchev–Trinajstić information content (AvgIpc) is 2.91. The molecular weight excluding hydrogens is 316 g/mol. The van der Waals surface area contributed by atoms with Crippen LogP contribution in [0.4, 0.5) is 0 Å². The van der Waals surface area contributed by atoms with Crippen molar-refractivity contribution in [2.45, 2.75) is 26.4 Å². The molecule has 23 heavy (non-hydrogen) atoms. The zero-order valence-electron chi connectivity index (χ0n) is 12.9. The van der Waals surface area contributed by atoms with Gasteiger partial charge in [-0.05, 0) is 39.0 Å². The van der Waals surface area contributed by atoms with E-state index in [-0.39, 0.29) is 0 Å². The number of ether oxygens (including phenoxy) is 1. The molecule has 3 rings (SSSR count). The molecule has 0 aliphatic rings. The van der Waals surface area contributed by atoms with Gasteiger partial charge in [0, 0.05) is 12.4 Å². The van der Waals surface area contributed by atoms with Crippen LogP contribution in [0.15, 0.2) is 36.7 Å². The number of aromatic nitrogens is 4. The number of halogens is 1. The van der Waals surface area contributed by atoms with Crippen LogP contribution in [0.1, 0.15) is 31.1 Å². The quantitative estimate of drug-likeness (QED) is 0.673. The second kappa shape index (κ2) is 5.62. The number of pyridine rings is 2. The minimum absolute atomic E-state index is 0.322. The molecule has 7 heteroatoms. The fourth-order valence-corrected chi connectivity index (χ4v) is 2.32. The summed E-state index contributed by atoms with van der Waals surface area (Å²) in [6.45, 7) is 5.43. The third-order valence-electron chi connectivity index (χ3n) is 2.99. The third-order valence-corrected chi connectivity index (χ3v) is 3.27. The average molecular weight is 331 g/mol. The molecule has 0 spiro atoms. The Balaban J connectivity index is 2.11. The molecule has 0 atom stereocenters. The number of esters is 1. The van der Waals surface area contributed by atoms with Crippen LogP contribution in [-0.4, -0.2) is 31.2 Å². The second-order valence-electron chi connectivity index (χ2n) is 6.01. The summed E-state index contributed by atoms with van der Waals surface area (Å²) in [6.07, 6.45) is 3.27. The highest BCUT2D eigenvalue weighted by atomic mass is 35.5. The highest BCUT2D eigenvalue weighted by molar-refractivity contribution is 6.33. The monoisotopic (exact) mass is 330 g/mol. The van der Waals surface area contributed by atoms with E-state index in [4.69, 9.17) is 16.3 Å². The van der Waals surface area contributed by atoms with Crippen LogP contribution >= 0.6 is 11.6 Å². The van der Waals surface area contributed by atoms with E-state index in [1.54, 1.807) is 16.8 Å². The van der Waals surface area contributed by atoms with Crippen LogP contribution in [0.2, 0.25) is 5.02 Å². The minimum Gasteiger partial charge on any atom is -0.456 e. The maximum absolute atomic E-state index is 12.3. The molecule has 0 unspecified atom stereocenters. The first-order chi connectivity index (χ1) is 10.8. The standard InChI is InChI=1S/C16H15ClN4O2/c1-16(2,3)23-15(22)10-8-11(17)13-19-20-14(21(13)9-10)12-6-4-5-7-18-12/h4-9H,1-3H3. The normalized spacial score (nSPS) is 11.7. The summed E-state index contributed by atoms with van der Waals surface area (Å²) in [5.74, 6) is 0.0508. The molecule has 0 aliphatic heterocycles. The summed E-state index contributed by atoms with van der Waals surface area (Å²) < 4.78 is 7.03. The van der Waals surface area contributed by atoms with Gasteiger partial charge in [-0.1, -0.05) is 17.7 Å².